The summed E-state index contributed by atoms with van der Waals surface area (Å²) in [4.78, 5) is 24.0. The number of carbonyl (C=O) groups excluding carboxylic acids is 2. The molecule has 7 heteroatoms. The fourth-order valence-electron chi connectivity index (χ4n) is 2.33. The second-order valence-electron chi connectivity index (χ2n) is 5.17. The third-order valence-corrected chi connectivity index (χ3v) is 3.64. The number of rotatable bonds is 6. The zero-order valence-corrected chi connectivity index (χ0v) is 13.4. The van der Waals surface area contributed by atoms with E-state index in [0.717, 1.165) is 12.8 Å². The highest BCUT2D eigenvalue weighted by Gasteiger charge is 2.42. The molecule has 6 nitrogen and oxygen atoms in total. The van der Waals surface area contributed by atoms with Gasteiger partial charge in [-0.15, -0.1) is 12.4 Å². The first kappa shape index (κ1) is 19.0. The van der Waals surface area contributed by atoms with Gasteiger partial charge in [-0.2, -0.15) is 0 Å². The number of halogens is 1. The van der Waals surface area contributed by atoms with Crippen LogP contribution in [0, 0.1) is 0 Å². The Balaban J connectivity index is 0.00000361. The van der Waals surface area contributed by atoms with Gasteiger partial charge in [-0.25, -0.2) is 4.79 Å². The maximum atomic E-state index is 12.3. The Kier molecular flexibility index (Phi) is 8.57. The van der Waals surface area contributed by atoms with Gasteiger partial charge in [0, 0.05) is 19.1 Å². The summed E-state index contributed by atoms with van der Waals surface area (Å²) in [5, 5.41) is 11.5. The van der Waals surface area contributed by atoms with Gasteiger partial charge in [0.1, 0.15) is 5.54 Å². The molecule has 1 aliphatic rings. The van der Waals surface area contributed by atoms with Crippen LogP contribution in [-0.2, 0) is 4.79 Å². The Hall–Kier alpha value is -1.01. The fourth-order valence-corrected chi connectivity index (χ4v) is 2.33. The van der Waals surface area contributed by atoms with Crippen molar-refractivity contribution in [2.24, 2.45) is 0 Å². The van der Waals surface area contributed by atoms with Gasteiger partial charge >= 0.3 is 6.03 Å². The monoisotopic (exact) mass is 306 g/mol. The minimum absolute atomic E-state index is 0. The average Bonchev–Trinajstić information content (AvgIpc) is 2.85. The molecule has 0 heterocycles. The molecule has 0 aliphatic heterocycles. The third-order valence-electron chi connectivity index (χ3n) is 3.64. The van der Waals surface area contributed by atoms with Crippen LogP contribution in [0.2, 0.25) is 0 Å². The first-order chi connectivity index (χ1) is 9.04. The predicted octanol–water partition coefficient (Wildman–Crippen LogP) is 0.764. The number of likely N-dealkylation sites (N-methyl/N-ethyl adjacent to an activating group) is 1. The van der Waals surface area contributed by atoms with Gasteiger partial charge in [0.25, 0.3) is 0 Å². The van der Waals surface area contributed by atoms with Crippen LogP contribution in [-0.4, -0.2) is 43.7 Å². The lowest BCUT2D eigenvalue weighted by Crippen LogP contribution is -2.60. The Bertz CT molecular complexity index is 319. The lowest BCUT2D eigenvalue weighted by molar-refractivity contribution is -0.127. The van der Waals surface area contributed by atoms with Gasteiger partial charge in [0.05, 0.1) is 0 Å². The van der Waals surface area contributed by atoms with E-state index < -0.39 is 5.54 Å². The number of hydrogen-bond donors (Lipinski definition) is 4. The Morgan fingerprint density at radius 3 is 2.30 bits per heavy atom. The average molecular weight is 307 g/mol. The summed E-state index contributed by atoms with van der Waals surface area (Å²) < 4.78 is 0. The molecule has 1 unspecified atom stereocenters. The summed E-state index contributed by atoms with van der Waals surface area (Å²) in [6, 6.07) is -0.0481. The van der Waals surface area contributed by atoms with Crippen molar-refractivity contribution >= 4 is 24.3 Å². The molecule has 1 atom stereocenters. The number of carbonyl (C=O) groups is 2. The van der Waals surface area contributed by atoms with E-state index >= 15 is 0 Å². The summed E-state index contributed by atoms with van der Waals surface area (Å²) in [6.07, 6.45) is 3.37. The summed E-state index contributed by atoms with van der Waals surface area (Å²) in [6.45, 7) is 4.98. The number of nitrogens with one attached hydrogen (secondary N) is 4. The maximum absolute atomic E-state index is 12.3. The number of hydrogen-bond acceptors (Lipinski definition) is 3. The highest BCUT2D eigenvalue weighted by atomic mass is 35.5. The molecule has 20 heavy (non-hydrogen) atoms. The van der Waals surface area contributed by atoms with Crippen molar-refractivity contribution in [1.82, 2.24) is 21.3 Å². The maximum Gasteiger partial charge on any atom is 0.315 e. The first-order valence-electron chi connectivity index (χ1n) is 7.05. The molecular weight excluding hydrogens is 280 g/mol. The molecule has 0 saturated heterocycles. The molecule has 0 radical (unpaired) electrons. The van der Waals surface area contributed by atoms with Crippen LogP contribution >= 0.6 is 12.4 Å². The fraction of sp³-hybridized carbons (Fsp3) is 0.846. The summed E-state index contributed by atoms with van der Waals surface area (Å²) in [5.41, 5.74) is -0.729. The molecule has 0 bridgehead atoms. The number of amides is 3. The zero-order valence-electron chi connectivity index (χ0n) is 12.5. The summed E-state index contributed by atoms with van der Waals surface area (Å²) in [5.74, 6) is -0.0710. The largest absolute Gasteiger partial charge is 0.353 e. The lowest BCUT2D eigenvalue weighted by atomic mass is 9.96. The van der Waals surface area contributed by atoms with Gasteiger partial charge in [0.2, 0.25) is 5.91 Å². The summed E-state index contributed by atoms with van der Waals surface area (Å²) >= 11 is 0. The van der Waals surface area contributed by atoms with Crippen LogP contribution in [0.3, 0.4) is 0 Å². The van der Waals surface area contributed by atoms with Gasteiger partial charge in [-0.3, -0.25) is 4.79 Å². The van der Waals surface area contributed by atoms with Gasteiger partial charge in [-0.05, 0) is 33.7 Å². The first-order valence-corrected chi connectivity index (χ1v) is 7.05. The van der Waals surface area contributed by atoms with Crippen LogP contribution in [0.15, 0.2) is 0 Å². The van der Waals surface area contributed by atoms with E-state index in [0.29, 0.717) is 25.9 Å². The lowest BCUT2D eigenvalue weighted by Gasteiger charge is -2.29. The zero-order chi connectivity index (χ0) is 14.3. The minimum Gasteiger partial charge on any atom is -0.353 e. The molecule has 1 saturated carbocycles. The number of urea groups is 1. The van der Waals surface area contributed by atoms with E-state index in [2.05, 4.69) is 21.3 Å². The Labute approximate surface area is 127 Å². The quantitative estimate of drug-likeness (QED) is 0.585. The van der Waals surface area contributed by atoms with Crippen molar-refractivity contribution in [3.8, 4) is 0 Å². The van der Waals surface area contributed by atoms with Gasteiger partial charge < -0.3 is 21.3 Å². The molecule has 4 N–H and O–H groups in total. The molecular formula is C13H27ClN4O2. The molecule has 1 fully saturated rings. The SMILES string of the molecule is CCNC(=O)NC1(C(=O)NCC(C)NC)CCCC1.Cl. The Morgan fingerprint density at radius 2 is 1.80 bits per heavy atom. The molecule has 0 aromatic heterocycles. The van der Waals surface area contributed by atoms with E-state index in [1.54, 1.807) is 0 Å². The van der Waals surface area contributed by atoms with Crippen LogP contribution < -0.4 is 21.3 Å². The van der Waals surface area contributed by atoms with E-state index in [1.807, 2.05) is 20.9 Å². The standard InChI is InChI=1S/C13H26N4O2.ClH/c1-4-15-12(19)17-13(7-5-6-8-13)11(18)16-9-10(2)14-3;/h10,14H,4-9H2,1-3H3,(H,16,18)(H2,15,17,19);1H. The van der Waals surface area contributed by atoms with Crippen molar-refractivity contribution in [3.63, 3.8) is 0 Å². The molecule has 0 aromatic rings. The molecule has 1 aliphatic carbocycles. The van der Waals surface area contributed by atoms with E-state index in [1.165, 1.54) is 0 Å². The third kappa shape index (κ3) is 5.17. The second kappa shape index (κ2) is 9.02. The Morgan fingerprint density at radius 1 is 1.20 bits per heavy atom. The van der Waals surface area contributed by atoms with E-state index in [9.17, 15) is 9.59 Å². The van der Waals surface area contributed by atoms with E-state index in [4.69, 9.17) is 0 Å². The summed E-state index contributed by atoms with van der Waals surface area (Å²) in [7, 11) is 1.86. The van der Waals surface area contributed by atoms with Crippen molar-refractivity contribution in [1.29, 1.82) is 0 Å². The smallest absolute Gasteiger partial charge is 0.315 e. The molecule has 0 aromatic carbocycles. The van der Waals surface area contributed by atoms with Gasteiger partial charge in [0.15, 0.2) is 0 Å². The normalized spacial score (nSPS) is 17.8. The van der Waals surface area contributed by atoms with Crippen LogP contribution in [0.1, 0.15) is 39.5 Å². The highest BCUT2D eigenvalue weighted by Crippen LogP contribution is 2.29. The van der Waals surface area contributed by atoms with Crippen LogP contribution in [0.25, 0.3) is 0 Å². The van der Waals surface area contributed by atoms with Crippen molar-refractivity contribution in [2.75, 3.05) is 20.1 Å². The molecule has 3 amide bonds. The topological polar surface area (TPSA) is 82.3 Å². The van der Waals surface area contributed by atoms with Crippen LogP contribution in [0.4, 0.5) is 4.79 Å². The molecule has 1 rings (SSSR count). The van der Waals surface area contributed by atoms with Crippen molar-refractivity contribution in [2.45, 2.75) is 51.1 Å². The van der Waals surface area contributed by atoms with Crippen molar-refractivity contribution < 1.29 is 9.59 Å². The minimum atomic E-state index is -0.729. The van der Waals surface area contributed by atoms with Crippen LogP contribution in [0.5, 0.6) is 0 Å². The highest BCUT2D eigenvalue weighted by molar-refractivity contribution is 5.91. The van der Waals surface area contributed by atoms with Crippen molar-refractivity contribution in [3.05, 3.63) is 0 Å². The second-order valence-corrected chi connectivity index (χ2v) is 5.17. The van der Waals surface area contributed by atoms with E-state index in [-0.39, 0.29) is 30.4 Å². The molecule has 118 valence electrons. The molecule has 0 spiro atoms. The predicted molar refractivity (Wildman–Crippen MR) is 82.2 cm³/mol. The van der Waals surface area contributed by atoms with Gasteiger partial charge in [-0.1, -0.05) is 12.8 Å².